The number of hydrogen-bond acceptors (Lipinski definition) is 6. The number of carbonyl (C=O) groups is 3. The van der Waals surface area contributed by atoms with Gasteiger partial charge in [0.1, 0.15) is 13.2 Å². The molecule has 0 radical (unpaired) electrons. The molecule has 0 aliphatic carbocycles. The first-order valence-electron chi connectivity index (χ1n) is 29.5. The maximum absolute atomic E-state index is 12.9. The van der Waals surface area contributed by atoms with Crippen LogP contribution in [0.3, 0.4) is 0 Å². The topological polar surface area (TPSA) is 78.9 Å². The van der Waals surface area contributed by atoms with Crippen LogP contribution in [0.4, 0.5) is 0 Å². The summed E-state index contributed by atoms with van der Waals surface area (Å²) in [6.07, 6.45) is 82.0. The Kier molecular flexibility index (Phi) is 55.9. The Balaban J connectivity index is 4.31. The predicted octanol–water partition coefficient (Wildman–Crippen LogP) is 20.0. The van der Waals surface area contributed by atoms with Crippen LogP contribution in [0.25, 0.3) is 0 Å². The number of unbranched alkanes of at least 4 members (excludes halogenated alkanes) is 21. The average Bonchev–Trinajstić information content (AvgIpc) is 3.38. The van der Waals surface area contributed by atoms with Gasteiger partial charge in [0.2, 0.25) is 0 Å². The molecule has 408 valence electrons. The van der Waals surface area contributed by atoms with Crippen molar-refractivity contribution in [3.05, 3.63) is 122 Å². The molecule has 0 aromatic rings. The van der Waals surface area contributed by atoms with Gasteiger partial charge in [-0.15, -0.1) is 0 Å². The molecule has 72 heavy (non-hydrogen) atoms. The van der Waals surface area contributed by atoms with Crippen LogP contribution in [0.5, 0.6) is 0 Å². The van der Waals surface area contributed by atoms with Gasteiger partial charge in [-0.2, -0.15) is 0 Å². The van der Waals surface area contributed by atoms with Gasteiger partial charge in [-0.1, -0.05) is 251 Å². The standard InChI is InChI=1S/C66H108O6/c1-4-7-10-13-16-19-21-23-25-27-29-31-33-35-37-39-41-43-45-47-50-53-56-59-65(68)71-62-63(61-70-64(67)58-55-52-49-18-15-12-9-6-3)72-66(69)60-57-54-51-48-46-44-42-40-38-36-34-32-30-28-26-24-22-20-17-14-11-8-5-2/h7-8,10-11,16-17,19-20,23-26,29-32,35,37,41,43,63H,4-6,9,12-15,18,21-22,27-28,33-34,36,38-40,42,44-62H2,1-3H3/b10-7-,11-8-,19-16-,20-17-,25-23-,26-24-,31-29-,32-30-,37-35-,43-41-. The van der Waals surface area contributed by atoms with E-state index in [0.29, 0.717) is 19.3 Å². The van der Waals surface area contributed by atoms with Gasteiger partial charge in [0.05, 0.1) is 0 Å². The van der Waals surface area contributed by atoms with E-state index in [1.807, 2.05) is 0 Å². The molecule has 6 nitrogen and oxygen atoms in total. The lowest BCUT2D eigenvalue weighted by atomic mass is 10.0. The van der Waals surface area contributed by atoms with Gasteiger partial charge in [0, 0.05) is 19.3 Å². The average molecular weight is 998 g/mol. The molecule has 0 fully saturated rings. The first kappa shape index (κ1) is 67.8. The van der Waals surface area contributed by atoms with Crippen molar-refractivity contribution in [2.24, 2.45) is 0 Å². The maximum Gasteiger partial charge on any atom is 0.306 e. The summed E-state index contributed by atoms with van der Waals surface area (Å²) < 4.78 is 16.8. The smallest absolute Gasteiger partial charge is 0.306 e. The van der Waals surface area contributed by atoms with Crippen LogP contribution in [-0.2, 0) is 28.6 Å². The fraction of sp³-hybridized carbons (Fsp3) is 0.652. The lowest BCUT2D eigenvalue weighted by molar-refractivity contribution is -0.167. The highest BCUT2D eigenvalue weighted by Gasteiger charge is 2.19. The monoisotopic (exact) mass is 997 g/mol. The molecule has 0 aliphatic rings. The fourth-order valence-electron chi connectivity index (χ4n) is 7.85. The number of esters is 3. The minimum Gasteiger partial charge on any atom is -0.462 e. The molecule has 0 N–H and O–H groups in total. The van der Waals surface area contributed by atoms with Gasteiger partial charge in [0.15, 0.2) is 6.10 Å². The Morgan fingerprint density at radius 3 is 0.847 bits per heavy atom. The third-order valence-corrected chi connectivity index (χ3v) is 12.2. The lowest BCUT2D eigenvalue weighted by Gasteiger charge is -2.18. The van der Waals surface area contributed by atoms with Crippen molar-refractivity contribution in [1.82, 2.24) is 0 Å². The van der Waals surface area contributed by atoms with Crippen molar-refractivity contribution in [1.29, 1.82) is 0 Å². The summed E-state index contributed by atoms with van der Waals surface area (Å²) in [6, 6.07) is 0. The van der Waals surface area contributed by atoms with Gasteiger partial charge in [-0.25, -0.2) is 0 Å². The second kappa shape index (κ2) is 59.4. The van der Waals surface area contributed by atoms with Crippen LogP contribution in [0, 0.1) is 0 Å². The van der Waals surface area contributed by atoms with Crippen LogP contribution in [0.15, 0.2) is 122 Å². The predicted molar refractivity (Wildman–Crippen MR) is 311 cm³/mol. The molecule has 0 saturated carbocycles. The Hall–Kier alpha value is -4.19. The van der Waals surface area contributed by atoms with Gasteiger partial charge >= 0.3 is 17.9 Å². The molecule has 0 aliphatic heterocycles. The van der Waals surface area contributed by atoms with Gasteiger partial charge < -0.3 is 14.2 Å². The molecular weight excluding hydrogens is 889 g/mol. The van der Waals surface area contributed by atoms with E-state index in [4.69, 9.17) is 14.2 Å². The third-order valence-electron chi connectivity index (χ3n) is 12.2. The van der Waals surface area contributed by atoms with Crippen molar-refractivity contribution in [3.63, 3.8) is 0 Å². The van der Waals surface area contributed by atoms with E-state index in [2.05, 4.69) is 142 Å². The summed E-state index contributed by atoms with van der Waals surface area (Å²) in [6.45, 7) is 6.36. The molecule has 0 aromatic carbocycles. The lowest BCUT2D eigenvalue weighted by Crippen LogP contribution is -2.30. The van der Waals surface area contributed by atoms with Gasteiger partial charge in [-0.3, -0.25) is 14.4 Å². The van der Waals surface area contributed by atoms with Crippen molar-refractivity contribution < 1.29 is 28.6 Å². The van der Waals surface area contributed by atoms with Crippen molar-refractivity contribution in [2.75, 3.05) is 13.2 Å². The molecule has 0 bridgehead atoms. The summed E-state index contributed by atoms with van der Waals surface area (Å²) in [5.74, 6) is -0.924. The second-order valence-electron chi connectivity index (χ2n) is 19.1. The van der Waals surface area contributed by atoms with Crippen LogP contribution < -0.4 is 0 Å². The summed E-state index contributed by atoms with van der Waals surface area (Å²) in [5.41, 5.74) is 0. The highest BCUT2D eigenvalue weighted by atomic mass is 16.6. The fourth-order valence-corrected chi connectivity index (χ4v) is 7.85. The Morgan fingerprint density at radius 2 is 0.542 bits per heavy atom. The number of ether oxygens (including phenoxy) is 3. The molecule has 0 saturated heterocycles. The second-order valence-corrected chi connectivity index (χ2v) is 19.1. The van der Waals surface area contributed by atoms with Gasteiger partial charge in [-0.05, 0) is 109 Å². The van der Waals surface area contributed by atoms with E-state index in [-0.39, 0.29) is 31.1 Å². The van der Waals surface area contributed by atoms with Gasteiger partial charge in [0.25, 0.3) is 0 Å². The zero-order valence-corrected chi connectivity index (χ0v) is 46.7. The van der Waals surface area contributed by atoms with Crippen molar-refractivity contribution in [3.8, 4) is 0 Å². The first-order valence-corrected chi connectivity index (χ1v) is 29.5. The zero-order chi connectivity index (χ0) is 52.2. The Labute approximate surface area is 443 Å². The van der Waals surface area contributed by atoms with Crippen LogP contribution in [-0.4, -0.2) is 37.2 Å². The number of allylic oxidation sites excluding steroid dienone is 20. The quantitative estimate of drug-likeness (QED) is 0.0261. The van der Waals surface area contributed by atoms with Crippen LogP contribution >= 0.6 is 0 Å². The van der Waals surface area contributed by atoms with E-state index >= 15 is 0 Å². The molecule has 1 unspecified atom stereocenters. The highest BCUT2D eigenvalue weighted by molar-refractivity contribution is 5.71. The Morgan fingerprint density at radius 1 is 0.292 bits per heavy atom. The number of hydrogen-bond donors (Lipinski definition) is 0. The molecule has 0 amide bonds. The van der Waals surface area contributed by atoms with Crippen molar-refractivity contribution >= 4 is 17.9 Å². The van der Waals surface area contributed by atoms with E-state index in [0.717, 1.165) is 135 Å². The largest absolute Gasteiger partial charge is 0.462 e. The van der Waals surface area contributed by atoms with E-state index in [1.54, 1.807) is 0 Å². The van der Waals surface area contributed by atoms with E-state index in [1.165, 1.54) is 83.5 Å². The maximum atomic E-state index is 12.9. The molecule has 1 atom stereocenters. The summed E-state index contributed by atoms with van der Waals surface area (Å²) in [5, 5.41) is 0. The molecule has 0 heterocycles. The summed E-state index contributed by atoms with van der Waals surface area (Å²) >= 11 is 0. The molecule has 0 rings (SSSR count). The molecular formula is C66H108O6. The minimum absolute atomic E-state index is 0.0894. The Bertz CT molecular complexity index is 1520. The third kappa shape index (κ3) is 56.7. The highest BCUT2D eigenvalue weighted by Crippen LogP contribution is 2.15. The van der Waals surface area contributed by atoms with Crippen LogP contribution in [0.1, 0.15) is 258 Å². The van der Waals surface area contributed by atoms with Crippen LogP contribution in [0.2, 0.25) is 0 Å². The van der Waals surface area contributed by atoms with E-state index < -0.39 is 6.10 Å². The number of carbonyl (C=O) groups excluding carboxylic acids is 3. The summed E-state index contributed by atoms with van der Waals surface area (Å²) in [7, 11) is 0. The molecule has 6 heteroatoms. The zero-order valence-electron chi connectivity index (χ0n) is 46.7. The molecule has 0 spiro atoms. The van der Waals surface area contributed by atoms with Crippen molar-refractivity contribution in [2.45, 2.75) is 264 Å². The minimum atomic E-state index is -0.792. The number of rotatable bonds is 52. The SMILES string of the molecule is CC/C=C\C/C=C\C/C=C\C/C=C\C/C=C\C/C=C\CCCCCCC(=O)OCC(COC(=O)CCCCCCCCCC)OC(=O)CCCCCCCCCCCC/C=C\C/C=C\C/C=C\C/C=C\CC. The first-order chi connectivity index (χ1) is 35.5. The normalized spacial score (nSPS) is 13.0. The summed E-state index contributed by atoms with van der Waals surface area (Å²) in [4.78, 5) is 38.1. The molecule has 0 aromatic heterocycles. The van der Waals surface area contributed by atoms with E-state index in [9.17, 15) is 14.4 Å².